The lowest BCUT2D eigenvalue weighted by Gasteiger charge is -2.33. The number of aliphatic hydroxyl groups excluding tert-OH is 1. The largest absolute Gasteiger partial charge is 0.508 e. The molecule has 218 valence electrons. The zero-order valence-electron chi connectivity index (χ0n) is 24.7. The summed E-state index contributed by atoms with van der Waals surface area (Å²) in [6, 6.07) is 13.3. The first-order valence-electron chi connectivity index (χ1n) is 14.2. The summed E-state index contributed by atoms with van der Waals surface area (Å²) in [6.07, 6.45) is 5.13. The van der Waals surface area contributed by atoms with Crippen LogP contribution < -0.4 is 14.2 Å². The third-order valence-corrected chi connectivity index (χ3v) is 6.94. The fourth-order valence-electron chi connectivity index (χ4n) is 4.46. The van der Waals surface area contributed by atoms with Crippen molar-refractivity contribution >= 4 is 17.5 Å². The number of unbranched alkanes of at least 4 members (excludes halogenated alkanes) is 2. The van der Waals surface area contributed by atoms with Gasteiger partial charge in [0.05, 0.1) is 20.8 Å². The normalized spacial score (nSPS) is 14.4. The van der Waals surface area contributed by atoms with E-state index in [4.69, 9.17) is 23.9 Å². The van der Waals surface area contributed by atoms with Crippen LogP contribution in [0.1, 0.15) is 65.4 Å². The van der Waals surface area contributed by atoms with E-state index in [9.17, 15) is 9.90 Å². The van der Waals surface area contributed by atoms with Gasteiger partial charge in [-0.15, -0.1) is 0 Å². The number of benzene rings is 2. The number of rotatable bonds is 15. The summed E-state index contributed by atoms with van der Waals surface area (Å²) in [7, 11) is 3.14. The van der Waals surface area contributed by atoms with Gasteiger partial charge in [0, 0.05) is 18.7 Å². The monoisotopic (exact) mass is 552 g/mol. The molecule has 8 heteroatoms. The van der Waals surface area contributed by atoms with Gasteiger partial charge in [-0.2, -0.15) is 0 Å². The fourth-order valence-corrected chi connectivity index (χ4v) is 4.46. The van der Waals surface area contributed by atoms with Crippen molar-refractivity contribution in [2.24, 2.45) is 10.9 Å². The van der Waals surface area contributed by atoms with E-state index in [1.165, 1.54) is 0 Å². The van der Waals surface area contributed by atoms with Crippen LogP contribution in [0.15, 0.2) is 58.8 Å². The summed E-state index contributed by atoms with van der Waals surface area (Å²) in [5.74, 6) is 2.15. The molecule has 40 heavy (non-hydrogen) atoms. The predicted molar refractivity (Wildman–Crippen MR) is 158 cm³/mol. The maximum Gasteiger partial charge on any atom is 0.345 e. The molecule has 0 aromatic heterocycles. The van der Waals surface area contributed by atoms with Crippen LogP contribution in [-0.4, -0.2) is 55.3 Å². The molecule has 0 fully saturated rings. The minimum absolute atomic E-state index is 0.0187. The molecule has 0 radical (unpaired) electrons. The van der Waals surface area contributed by atoms with Gasteiger partial charge in [-0.3, -0.25) is 0 Å². The molecule has 1 aliphatic heterocycles. The Balaban J connectivity index is 2.03. The number of esters is 1. The number of hydrogen-bond acceptors (Lipinski definition) is 7. The van der Waals surface area contributed by atoms with Gasteiger partial charge in [0.15, 0.2) is 0 Å². The number of amidine groups is 1. The first kappa shape index (κ1) is 30.9. The lowest BCUT2D eigenvalue weighted by Crippen LogP contribution is -2.40. The van der Waals surface area contributed by atoms with E-state index in [0.29, 0.717) is 42.1 Å². The van der Waals surface area contributed by atoms with E-state index < -0.39 is 5.97 Å². The van der Waals surface area contributed by atoms with Crippen molar-refractivity contribution in [3.8, 4) is 17.2 Å². The highest BCUT2D eigenvalue weighted by molar-refractivity contribution is 6.21. The summed E-state index contributed by atoms with van der Waals surface area (Å²) in [4.78, 5) is 19.9. The topological polar surface area (TPSA) is 89.8 Å². The molecule has 1 heterocycles. The highest BCUT2D eigenvalue weighted by atomic mass is 16.5. The Kier molecular flexibility index (Phi) is 11.7. The summed E-state index contributed by atoms with van der Waals surface area (Å²) in [5, 5.41) is 10.7. The molecule has 0 bridgehead atoms. The lowest BCUT2D eigenvalue weighted by atomic mass is 10.0. The second-order valence-electron chi connectivity index (χ2n) is 10.5. The third-order valence-electron chi connectivity index (χ3n) is 6.94. The highest BCUT2D eigenvalue weighted by Gasteiger charge is 2.34. The number of methoxy groups -OCH3 is 2. The molecule has 1 unspecified atom stereocenters. The molecule has 2 aromatic rings. The van der Waals surface area contributed by atoms with Crippen LogP contribution in [0.4, 0.5) is 5.69 Å². The van der Waals surface area contributed by atoms with Gasteiger partial charge >= 0.3 is 5.97 Å². The van der Waals surface area contributed by atoms with Crippen LogP contribution >= 0.6 is 0 Å². The first-order chi connectivity index (χ1) is 19.3. The van der Waals surface area contributed by atoms with Gasteiger partial charge in [0.1, 0.15) is 46.7 Å². The Morgan fingerprint density at radius 1 is 1.02 bits per heavy atom. The van der Waals surface area contributed by atoms with Gasteiger partial charge in [-0.05, 0) is 55.5 Å². The molecule has 1 atom stereocenters. The fraction of sp³-hybridized carbons (Fsp3) is 0.500. The smallest absolute Gasteiger partial charge is 0.345 e. The minimum atomic E-state index is -0.594. The second-order valence-corrected chi connectivity index (χ2v) is 10.5. The van der Waals surface area contributed by atoms with Crippen molar-refractivity contribution in [3.05, 3.63) is 59.4 Å². The average molecular weight is 553 g/mol. The SMILES string of the molecule is CCCCCC(C)N(Cc1ccc(OCCC(C)C)cc1)C(=Nc1ccc(OC)cc1OC)C1=C(O)COC1=O. The molecule has 1 aliphatic rings. The number of aliphatic imine (C=N–C) groups is 1. The van der Waals surface area contributed by atoms with Crippen molar-refractivity contribution in [1.29, 1.82) is 0 Å². The number of ether oxygens (including phenoxy) is 4. The van der Waals surface area contributed by atoms with E-state index >= 15 is 0 Å². The second kappa shape index (κ2) is 15.2. The Morgan fingerprint density at radius 2 is 1.75 bits per heavy atom. The van der Waals surface area contributed by atoms with Gasteiger partial charge in [-0.25, -0.2) is 9.79 Å². The van der Waals surface area contributed by atoms with Crippen molar-refractivity contribution in [2.45, 2.75) is 72.4 Å². The van der Waals surface area contributed by atoms with Crippen LogP contribution in [-0.2, 0) is 16.1 Å². The van der Waals surface area contributed by atoms with Gasteiger partial charge in [0.25, 0.3) is 0 Å². The number of cyclic esters (lactones) is 1. The quantitative estimate of drug-likeness (QED) is 0.110. The zero-order chi connectivity index (χ0) is 29.1. The van der Waals surface area contributed by atoms with Gasteiger partial charge in [-0.1, -0.05) is 52.2 Å². The molecule has 2 aromatic carbocycles. The molecule has 8 nitrogen and oxygen atoms in total. The molecule has 3 rings (SSSR count). The predicted octanol–water partition coefficient (Wildman–Crippen LogP) is 7.00. The molecule has 0 saturated carbocycles. The molecule has 0 saturated heterocycles. The van der Waals surface area contributed by atoms with Crippen LogP contribution in [0.2, 0.25) is 0 Å². The summed E-state index contributed by atoms with van der Waals surface area (Å²) >= 11 is 0. The molecule has 0 spiro atoms. The summed E-state index contributed by atoms with van der Waals surface area (Å²) in [5.41, 5.74) is 1.62. The molecular formula is C32H44N2O6. The summed E-state index contributed by atoms with van der Waals surface area (Å²) < 4.78 is 22.0. The number of hydrogen-bond donors (Lipinski definition) is 1. The van der Waals surface area contributed by atoms with Crippen LogP contribution in [0.3, 0.4) is 0 Å². The van der Waals surface area contributed by atoms with E-state index in [1.54, 1.807) is 32.4 Å². The van der Waals surface area contributed by atoms with E-state index in [-0.39, 0.29) is 24.0 Å². The number of carbonyl (C=O) groups excluding carboxylic acids is 1. The molecule has 1 N–H and O–H groups in total. The maximum atomic E-state index is 12.9. The molecular weight excluding hydrogens is 508 g/mol. The van der Waals surface area contributed by atoms with Crippen molar-refractivity contribution in [1.82, 2.24) is 4.90 Å². The number of aliphatic hydroxyl groups is 1. The minimum Gasteiger partial charge on any atom is -0.508 e. The van der Waals surface area contributed by atoms with Gasteiger partial charge in [0.2, 0.25) is 0 Å². The maximum absolute atomic E-state index is 12.9. The zero-order valence-corrected chi connectivity index (χ0v) is 24.7. The third kappa shape index (κ3) is 8.41. The van der Waals surface area contributed by atoms with Crippen molar-refractivity contribution < 1.29 is 28.8 Å². The Labute approximate surface area is 238 Å². The van der Waals surface area contributed by atoms with E-state index in [0.717, 1.165) is 43.4 Å². The summed E-state index contributed by atoms with van der Waals surface area (Å²) in [6.45, 7) is 9.63. The number of nitrogens with zero attached hydrogens (tertiary/aromatic N) is 2. The van der Waals surface area contributed by atoms with Crippen molar-refractivity contribution in [3.63, 3.8) is 0 Å². The molecule has 0 amide bonds. The molecule has 0 aliphatic carbocycles. The van der Waals surface area contributed by atoms with Crippen LogP contribution in [0.5, 0.6) is 17.2 Å². The average Bonchev–Trinajstić information content (AvgIpc) is 3.28. The van der Waals surface area contributed by atoms with Crippen molar-refractivity contribution in [2.75, 3.05) is 27.4 Å². The number of carbonyl (C=O) groups is 1. The Bertz CT molecular complexity index is 1170. The standard InChI is InChI=1S/C32H44N2O6/c1-7-8-9-10-23(4)34(20-24-11-13-25(14-12-24)39-18-17-22(2)3)31(30-28(35)21-40-32(30)36)33-27-16-15-26(37-5)19-29(27)38-6/h11-16,19,22-23,35H,7-10,17-18,20-21H2,1-6H3. The van der Waals surface area contributed by atoms with E-state index in [1.807, 2.05) is 24.3 Å². The lowest BCUT2D eigenvalue weighted by molar-refractivity contribution is -0.135. The van der Waals surface area contributed by atoms with Crippen LogP contribution in [0.25, 0.3) is 0 Å². The van der Waals surface area contributed by atoms with Crippen LogP contribution in [0, 0.1) is 5.92 Å². The van der Waals surface area contributed by atoms with Gasteiger partial charge < -0.3 is 29.0 Å². The Morgan fingerprint density at radius 3 is 2.35 bits per heavy atom. The van der Waals surface area contributed by atoms with E-state index in [2.05, 4.69) is 32.6 Å². The first-order valence-corrected chi connectivity index (χ1v) is 14.2. The highest BCUT2D eigenvalue weighted by Crippen LogP contribution is 2.34. The Hall–Kier alpha value is -3.68.